The Balaban J connectivity index is 1.68. The monoisotopic (exact) mass is 282 g/mol. The summed E-state index contributed by atoms with van der Waals surface area (Å²) < 4.78 is 11.7. The van der Waals surface area contributed by atoms with Crippen LogP contribution in [0.2, 0.25) is 0 Å². The molecule has 3 atom stereocenters. The van der Waals surface area contributed by atoms with Crippen molar-refractivity contribution < 1.29 is 14.3 Å². The van der Waals surface area contributed by atoms with Gasteiger partial charge in [-0.2, -0.15) is 0 Å². The molecule has 1 unspecified atom stereocenters. The molecule has 20 heavy (non-hydrogen) atoms. The third-order valence-corrected chi connectivity index (χ3v) is 5.14. The van der Waals surface area contributed by atoms with Crippen molar-refractivity contribution in [2.75, 3.05) is 33.4 Å². The Kier molecular flexibility index (Phi) is 4.02. The van der Waals surface area contributed by atoms with Crippen LogP contribution in [0, 0.1) is 11.8 Å². The normalized spacial score (nSPS) is 36.8. The van der Waals surface area contributed by atoms with E-state index in [1.165, 1.54) is 0 Å². The zero-order valence-electron chi connectivity index (χ0n) is 12.6. The van der Waals surface area contributed by atoms with Crippen molar-refractivity contribution in [1.82, 2.24) is 10.2 Å². The van der Waals surface area contributed by atoms with Gasteiger partial charge in [-0.3, -0.25) is 4.79 Å². The summed E-state index contributed by atoms with van der Waals surface area (Å²) in [5.41, 5.74) is 0. The first-order valence-electron chi connectivity index (χ1n) is 7.89. The number of amides is 1. The van der Waals surface area contributed by atoms with Gasteiger partial charge in [0.25, 0.3) is 0 Å². The molecule has 0 bridgehead atoms. The van der Waals surface area contributed by atoms with Gasteiger partial charge in [0.2, 0.25) is 5.91 Å². The molecular formula is C15H26N2O3. The lowest BCUT2D eigenvalue weighted by Gasteiger charge is -2.49. The number of carbonyl (C=O) groups is 1. The van der Waals surface area contributed by atoms with Crippen LogP contribution < -0.4 is 5.32 Å². The lowest BCUT2D eigenvalue weighted by Crippen LogP contribution is -2.55. The fourth-order valence-corrected chi connectivity index (χ4v) is 4.25. The van der Waals surface area contributed by atoms with E-state index in [0.29, 0.717) is 31.7 Å². The van der Waals surface area contributed by atoms with Crippen molar-refractivity contribution in [3.63, 3.8) is 0 Å². The van der Waals surface area contributed by atoms with E-state index in [0.717, 1.165) is 32.2 Å². The molecule has 1 spiro atoms. The van der Waals surface area contributed by atoms with Gasteiger partial charge in [0.15, 0.2) is 5.79 Å². The van der Waals surface area contributed by atoms with Crippen molar-refractivity contribution >= 4 is 5.91 Å². The fourth-order valence-electron chi connectivity index (χ4n) is 4.25. The maximum Gasteiger partial charge on any atom is 0.224 e. The summed E-state index contributed by atoms with van der Waals surface area (Å²) in [6.45, 7) is 4.99. The van der Waals surface area contributed by atoms with Gasteiger partial charge in [-0.05, 0) is 32.7 Å². The van der Waals surface area contributed by atoms with E-state index >= 15 is 0 Å². The Morgan fingerprint density at radius 1 is 1.40 bits per heavy atom. The molecule has 114 valence electrons. The first-order valence-corrected chi connectivity index (χ1v) is 7.89. The van der Waals surface area contributed by atoms with E-state index in [4.69, 9.17) is 9.47 Å². The first kappa shape index (κ1) is 14.3. The summed E-state index contributed by atoms with van der Waals surface area (Å²) in [6, 6.07) is 0.583. The molecule has 1 aliphatic carbocycles. The number of hydrogen-bond acceptors (Lipinski definition) is 4. The van der Waals surface area contributed by atoms with Crippen LogP contribution in [-0.4, -0.2) is 56.0 Å². The van der Waals surface area contributed by atoms with Crippen LogP contribution in [-0.2, 0) is 14.3 Å². The molecule has 0 aromatic carbocycles. The number of fused-ring (bicyclic) bond motifs is 1. The van der Waals surface area contributed by atoms with Crippen molar-refractivity contribution in [3.8, 4) is 0 Å². The van der Waals surface area contributed by atoms with Crippen molar-refractivity contribution in [2.45, 2.75) is 44.4 Å². The number of nitrogens with one attached hydrogen (secondary N) is 1. The molecule has 3 rings (SSSR count). The van der Waals surface area contributed by atoms with E-state index in [1.807, 2.05) is 6.92 Å². The Labute approximate surface area is 121 Å². The van der Waals surface area contributed by atoms with Gasteiger partial charge in [0.1, 0.15) is 0 Å². The SMILES string of the molecule is CCNC(=O)[C@@H]1CC2CC3(CC[C@H]2N(C)C1)OCCO3. The molecule has 2 aliphatic heterocycles. The lowest BCUT2D eigenvalue weighted by atomic mass is 9.72. The van der Waals surface area contributed by atoms with Gasteiger partial charge in [-0.25, -0.2) is 0 Å². The van der Waals surface area contributed by atoms with Gasteiger partial charge in [-0.15, -0.1) is 0 Å². The largest absolute Gasteiger partial charge is 0.356 e. The van der Waals surface area contributed by atoms with E-state index in [-0.39, 0.29) is 17.6 Å². The third-order valence-electron chi connectivity index (χ3n) is 5.14. The topological polar surface area (TPSA) is 50.8 Å². The second kappa shape index (κ2) is 5.62. The Morgan fingerprint density at radius 3 is 2.85 bits per heavy atom. The Morgan fingerprint density at radius 2 is 2.15 bits per heavy atom. The highest BCUT2D eigenvalue weighted by atomic mass is 16.7. The standard InChI is InChI=1S/C15H26N2O3/c1-3-16-14(18)12-8-11-9-15(19-6-7-20-15)5-4-13(11)17(2)10-12/h11-13H,3-10H2,1-2H3,(H,16,18)/t11?,12-,13-/m1/s1. The van der Waals surface area contributed by atoms with Gasteiger partial charge in [-0.1, -0.05) is 0 Å². The van der Waals surface area contributed by atoms with E-state index in [9.17, 15) is 4.79 Å². The van der Waals surface area contributed by atoms with Crippen LogP contribution in [0.15, 0.2) is 0 Å². The van der Waals surface area contributed by atoms with Crippen LogP contribution >= 0.6 is 0 Å². The molecular weight excluding hydrogens is 256 g/mol. The number of hydrogen-bond donors (Lipinski definition) is 1. The molecule has 1 N–H and O–H groups in total. The molecule has 0 aromatic heterocycles. The minimum atomic E-state index is -0.342. The molecule has 3 aliphatic rings. The van der Waals surface area contributed by atoms with Crippen LogP contribution in [0.1, 0.15) is 32.6 Å². The molecule has 5 nitrogen and oxygen atoms in total. The maximum atomic E-state index is 12.1. The van der Waals surface area contributed by atoms with E-state index < -0.39 is 0 Å². The Bertz CT molecular complexity index is 368. The van der Waals surface area contributed by atoms with Crippen LogP contribution in [0.4, 0.5) is 0 Å². The number of rotatable bonds is 2. The van der Waals surface area contributed by atoms with Gasteiger partial charge >= 0.3 is 0 Å². The van der Waals surface area contributed by atoms with Crippen molar-refractivity contribution in [3.05, 3.63) is 0 Å². The highest BCUT2D eigenvalue weighted by Crippen LogP contribution is 2.44. The zero-order chi connectivity index (χ0) is 14.2. The number of nitrogens with zero attached hydrogens (tertiary/aromatic N) is 1. The zero-order valence-corrected chi connectivity index (χ0v) is 12.6. The maximum absolute atomic E-state index is 12.1. The van der Waals surface area contributed by atoms with Crippen LogP contribution in [0.5, 0.6) is 0 Å². The average molecular weight is 282 g/mol. The molecule has 0 aromatic rings. The molecule has 0 radical (unpaired) electrons. The molecule has 5 heteroatoms. The summed E-state index contributed by atoms with van der Waals surface area (Å²) >= 11 is 0. The first-order chi connectivity index (χ1) is 9.63. The second-order valence-electron chi connectivity index (χ2n) is 6.44. The van der Waals surface area contributed by atoms with Gasteiger partial charge in [0, 0.05) is 32.0 Å². The highest BCUT2D eigenvalue weighted by molar-refractivity contribution is 5.79. The predicted octanol–water partition coefficient (Wildman–Crippen LogP) is 0.986. The Hall–Kier alpha value is -0.650. The number of likely N-dealkylation sites (tertiary alicyclic amines) is 1. The highest BCUT2D eigenvalue weighted by Gasteiger charge is 2.49. The summed E-state index contributed by atoms with van der Waals surface area (Å²) in [5.74, 6) is 0.474. The minimum absolute atomic E-state index is 0.109. The smallest absolute Gasteiger partial charge is 0.224 e. The summed E-state index contributed by atoms with van der Waals surface area (Å²) in [6.07, 6.45) is 4.01. The molecule has 3 fully saturated rings. The average Bonchev–Trinajstić information content (AvgIpc) is 2.86. The van der Waals surface area contributed by atoms with Crippen LogP contribution in [0.25, 0.3) is 0 Å². The molecule has 2 saturated heterocycles. The number of piperidine rings is 1. The summed E-state index contributed by atoms with van der Waals surface area (Å²) in [7, 11) is 2.15. The summed E-state index contributed by atoms with van der Waals surface area (Å²) in [4.78, 5) is 14.5. The van der Waals surface area contributed by atoms with E-state index in [2.05, 4.69) is 17.3 Å². The van der Waals surface area contributed by atoms with Crippen LogP contribution in [0.3, 0.4) is 0 Å². The molecule has 1 saturated carbocycles. The third kappa shape index (κ3) is 2.59. The van der Waals surface area contributed by atoms with Crippen molar-refractivity contribution in [2.24, 2.45) is 11.8 Å². The molecule has 2 heterocycles. The van der Waals surface area contributed by atoms with Crippen molar-refractivity contribution in [1.29, 1.82) is 0 Å². The number of ether oxygens (including phenoxy) is 2. The quantitative estimate of drug-likeness (QED) is 0.820. The molecule has 1 amide bonds. The predicted molar refractivity (Wildman–Crippen MR) is 75.2 cm³/mol. The lowest BCUT2D eigenvalue weighted by molar-refractivity contribution is -0.202. The van der Waals surface area contributed by atoms with Gasteiger partial charge < -0.3 is 19.7 Å². The van der Waals surface area contributed by atoms with E-state index in [1.54, 1.807) is 0 Å². The van der Waals surface area contributed by atoms with Gasteiger partial charge in [0.05, 0.1) is 19.1 Å². The minimum Gasteiger partial charge on any atom is -0.356 e. The number of carbonyl (C=O) groups excluding carboxylic acids is 1. The fraction of sp³-hybridized carbons (Fsp3) is 0.933. The second-order valence-corrected chi connectivity index (χ2v) is 6.44. The summed E-state index contributed by atoms with van der Waals surface area (Å²) in [5, 5.41) is 2.96.